The Hall–Kier alpha value is -3.14. The number of nitrogens with zero attached hydrogens (tertiary/aromatic N) is 1. The Bertz CT molecular complexity index is 752. The van der Waals surface area contributed by atoms with Crippen LogP contribution in [0.25, 0.3) is 6.08 Å². The summed E-state index contributed by atoms with van der Waals surface area (Å²) in [5.41, 5.74) is 0.461. The normalized spacial score (nSPS) is 12.7. The van der Waals surface area contributed by atoms with Gasteiger partial charge in [-0.1, -0.05) is 24.3 Å². The molecule has 1 aromatic rings. The van der Waals surface area contributed by atoms with Gasteiger partial charge in [0.15, 0.2) is 0 Å². The Morgan fingerprint density at radius 2 is 1.85 bits per heavy atom. The number of carboxylic acid groups (broad SMARTS) is 1. The summed E-state index contributed by atoms with van der Waals surface area (Å²) in [6, 6.07) is 7.46. The minimum atomic E-state index is -1.12. The molecule has 0 aromatic heterocycles. The highest BCUT2D eigenvalue weighted by atomic mass is 16.6. The van der Waals surface area contributed by atoms with Crippen LogP contribution >= 0.6 is 0 Å². The first-order chi connectivity index (χ1) is 12.0. The van der Waals surface area contributed by atoms with Gasteiger partial charge in [0.25, 0.3) is 0 Å². The standard InChI is InChI=1S/C19H22N2O5/c1-12(22)21-16(17(23)24)10-14-7-5-13(6-8-14)9-15(11-20)18(25)26-19(2,3)4/h5-9,16H,10H2,1-4H3,(H,21,22)(H,23,24)/t16-/m0/s1. The lowest BCUT2D eigenvalue weighted by Crippen LogP contribution is -2.41. The van der Waals surface area contributed by atoms with Crippen LogP contribution in [0, 0.1) is 11.3 Å². The van der Waals surface area contributed by atoms with Crippen LogP contribution in [0.2, 0.25) is 0 Å². The number of benzene rings is 1. The van der Waals surface area contributed by atoms with E-state index in [1.807, 2.05) is 6.07 Å². The Balaban J connectivity index is 2.92. The Morgan fingerprint density at radius 3 is 2.27 bits per heavy atom. The zero-order valence-electron chi connectivity index (χ0n) is 15.2. The van der Waals surface area contributed by atoms with Crippen molar-refractivity contribution in [3.63, 3.8) is 0 Å². The number of nitrogens with one attached hydrogen (secondary N) is 1. The molecule has 0 saturated carbocycles. The Morgan fingerprint density at radius 1 is 1.27 bits per heavy atom. The number of rotatable bonds is 6. The molecule has 0 heterocycles. The number of carboxylic acids is 1. The summed E-state index contributed by atoms with van der Waals surface area (Å²) in [7, 11) is 0. The number of ether oxygens (including phenoxy) is 1. The molecule has 0 bridgehead atoms. The van der Waals surface area contributed by atoms with E-state index in [-0.39, 0.29) is 12.0 Å². The van der Waals surface area contributed by atoms with Crippen LogP contribution in [-0.4, -0.2) is 34.6 Å². The fraction of sp³-hybridized carbons (Fsp3) is 0.368. The molecule has 2 N–H and O–H groups in total. The van der Waals surface area contributed by atoms with Crippen molar-refractivity contribution >= 4 is 23.9 Å². The molecule has 1 amide bonds. The molecule has 7 heteroatoms. The molecular weight excluding hydrogens is 336 g/mol. The summed E-state index contributed by atoms with van der Waals surface area (Å²) in [6.07, 6.45) is 1.52. The zero-order chi connectivity index (χ0) is 19.9. The van der Waals surface area contributed by atoms with Gasteiger partial charge >= 0.3 is 11.9 Å². The summed E-state index contributed by atoms with van der Waals surface area (Å²) in [5.74, 6) is -2.26. The van der Waals surface area contributed by atoms with E-state index in [1.54, 1.807) is 45.0 Å². The first-order valence-electron chi connectivity index (χ1n) is 7.96. The van der Waals surface area contributed by atoms with Gasteiger partial charge in [0.2, 0.25) is 5.91 Å². The summed E-state index contributed by atoms with van der Waals surface area (Å²) in [6.45, 7) is 6.39. The van der Waals surface area contributed by atoms with E-state index in [0.29, 0.717) is 11.1 Å². The van der Waals surface area contributed by atoms with Crippen molar-refractivity contribution in [2.75, 3.05) is 0 Å². The summed E-state index contributed by atoms with van der Waals surface area (Å²) in [4.78, 5) is 34.2. The number of hydrogen-bond acceptors (Lipinski definition) is 5. The highest BCUT2D eigenvalue weighted by Gasteiger charge is 2.20. The van der Waals surface area contributed by atoms with Crippen molar-refractivity contribution in [1.82, 2.24) is 5.32 Å². The lowest BCUT2D eigenvalue weighted by Gasteiger charge is -2.18. The van der Waals surface area contributed by atoms with Crippen LogP contribution in [-0.2, 0) is 25.5 Å². The Kier molecular flexibility index (Phi) is 7.08. The maximum absolute atomic E-state index is 12.0. The van der Waals surface area contributed by atoms with Gasteiger partial charge < -0.3 is 15.2 Å². The second-order valence-electron chi connectivity index (χ2n) is 6.71. The van der Waals surface area contributed by atoms with Gasteiger partial charge in [0.05, 0.1) is 0 Å². The molecule has 26 heavy (non-hydrogen) atoms. The molecular formula is C19H22N2O5. The van der Waals surface area contributed by atoms with E-state index < -0.39 is 29.5 Å². The van der Waals surface area contributed by atoms with E-state index in [2.05, 4.69) is 5.32 Å². The number of nitriles is 1. The predicted octanol–water partition coefficient (Wildman–Crippen LogP) is 2.07. The van der Waals surface area contributed by atoms with Crippen molar-refractivity contribution in [2.24, 2.45) is 0 Å². The average molecular weight is 358 g/mol. The van der Waals surface area contributed by atoms with E-state index >= 15 is 0 Å². The second-order valence-corrected chi connectivity index (χ2v) is 6.71. The van der Waals surface area contributed by atoms with Crippen molar-refractivity contribution in [3.8, 4) is 6.07 Å². The van der Waals surface area contributed by atoms with Gasteiger partial charge in [-0.2, -0.15) is 5.26 Å². The first-order valence-corrected chi connectivity index (χ1v) is 7.96. The van der Waals surface area contributed by atoms with Crippen LogP contribution in [0.15, 0.2) is 29.8 Å². The highest BCUT2D eigenvalue weighted by molar-refractivity contribution is 5.98. The summed E-state index contributed by atoms with van der Waals surface area (Å²) >= 11 is 0. The van der Waals surface area contributed by atoms with Crippen molar-refractivity contribution in [1.29, 1.82) is 5.26 Å². The molecule has 1 rings (SSSR count). The molecule has 1 aromatic carbocycles. The lowest BCUT2D eigenvalue weighted by molar-refractivity contribution is -0.149. The smallest absolute Gasteiger partial charge is 0.349 e. The van der Waals surface area contributed by atoms with Crippen LogP contribution in [0.5, 0.6) is 0 Å². The molecule has 0 aliphatic carbocycles. The molecule has 0 spiro atoms. The van der Waals surface area contributed by atoms with Crippen LogP contribution in [0.1, 0.15) is 38.8 Å². The van der Waals surface area contributed by atoms with Gasteiger partial charge in [-0.25, -0.2) is 9.59 Å². The number of amides is 1. The topological polar surface area (TPSA) is 116 Å². The van der Waals surface area contributed by atoms with Crippen LogP contribution < -0.4 is 5.32 Å². The SMILES string of the molecule is CC(=O)N[C@@H](Cc1ccc(C=C(C#N)C(=O)OC(C)(C)C)cc1)C(=O)O. The van der Waals surface area contributed by atoms with E-state index in [4.69, 9.17) is 15.1 Å². The third kappa shape index (κ3) is 7.18. The van der Waals surface area contributed by atoms with Gasteiger partial charge in [-0.05, 0) is 38.0 Å². The van der Waals surface area contributed by atoms with Crippen molar-refractivity contribution in [3.05, 3.63) is 41.0 Å². The zero-order valence-corrected chi connectivity index (χ0v) is 15.2. The lowest BCUT2D eigenvalue weighted by atomic mass is 10.0. The first kappa shape index (κ1) is 20.9. The van der Waals surface area contributed by atoms with E-state index in [0.717, 1.165) is 0 Å². The largest absolute Gasteiger partial charge is 0.480 e. The van der Waals surface area contributed by atoms with Crippen molar-refractivity contribution < 1.29 is 24.2 Å². The maximum atomic E-state index is 12.0. The van der Waals surface area contributed by atoms with Crippen LogP contribution in [0.3, 0.4) is 0 Å². The molecule has 0 fully saturated rings. The third-order valence-corrected chi connectivity index (χ3v) is 3.15. The minimum Gasteiger partial charge on any atom is -0.480 e. The molecule has 0 aliphatic rings. The predicted molar refractivity (Wildman–Crippen MR) is 94.8 cm³/mol. The van der Waals surface area contributed by atoms with Gasteiger partial charge in [0.1, 0.15) is 23.3 Å². The fourth-order valence-electron chi connectivity index (χ4n) is 2.07. The molecule has 7 nitrogen and oxygen atoms in total. The fourth-order valence-corrected chi connectivity index (χ4v) is 2.07. The van der Waals surface area contributed by atoms with Gasteiger partial charge in [0, 0.05) is 13.3 Å². The summed E-state index contributed by atoms with van der Waals surface area (Å²) < 4.78 is 5.17. The maximum Gasteiger partial charge on any atom is 0.349 e. The van der Waals surface area contributed by atoms with Crippen molar-refractivity contribution in [2.45, 2.75) is 45.8 Å². The second kappa shape index (κ2) is 8.81. The number of hydrogen-bond donors (Lipinski definition) is 2. The molecule has 138 valence electrons. The number of carbonyl (C=O) groups excluding carboxylic acids is 2. The minimum absolute atomic E-state index is 0.121. The van der Waals surface area contributed by atoms with Gasteiger partial charge in [-0.15, -0.1) is 0 Å². The number of carbonyl (C=O) groups is 3. The molecule has 0 aliphatic heterocycles. The monoisotopic (exact) mass is 358 g/mol. The average Bonchev–Trinajstić information content (AvgIpc) is 2.51. The molecule has 0 saturated heterocycles. The molecule has 0 radical (unpaired) electrons. The molecule has 1 atom stereocenters. The molecule has 0 unspecified atom stereocenters. The highest BCUT2D eigenvalue weighted by Crippen LogP contribution is 2.15. The quantitative estimate of drug-likeness (QED) is 0.457. The van der Waals surface area contributed by atoms with E-state index in [9.17, 15) is 14.4 Å². The number of aliphatic carboxylic acids is 1. The van der Waals surface area contributed by atoms with Gasteiger partial charge in [-0.3, -0.25) is 4.79 Å². The number of esters is 1. The van der Waals surface area contributed by atoms with E-state index in [1.165, 1.54) is 13.0 Å². The Labute approximate surface area is 152 Å². The van der Waals surface area contributed by atoms with Crippen LogP contribution in [0.4, 0.5) is 0 Å². The summed E-state index contributed by atoms with van der Waals surface area (Å²) in [5, 5.41) is 20.6. The third-order valence-electron chi connectivity index (χ3n) is 3.15.